The Morgan fingerprint density at radius 1 is 1.17 bits per heavy atom. The zero-order chi connectivity index (χ0) is 25.5. The van der Waals surface area contributed by atoms with Gasteiger partial charge in [0.2, 0.25) is 17.7 Å². The lowest BCUT2D eigenvalue weighted by molar-refractivity contribution is -0.133. The van der Waals surface area contributed by atoms with E-state index in [1.807, 2.05) is 18.2 Å². The lowest BCUT2D eigenvalue weighted by atomic mass is 10.1. The van der Waals surface area contributed by atoms with Crippen molar-refractivity contribution in [3.8, 4) is 17.7 Å². The van der Waals surface area contributed by atoms with Crippen molar-refractivity contribution in [3.05, 3.63) is 77.2 Å². The van der Waals surface area contributed by atoms with E-state index in [-0.39, 0.29) is 42.9 Å². The van der Waals surface area contributed by atoms with Gasteiger partial charge in [-0.05, 0) is 42.0 Å². The molecule has 2 N–H and O–H groups in total. The standard InChI is InChI=1S/C25H22ClN7O3/c1-2-22(34)32-21-13-30-25(33(24(21)35)15-16-3-5-17(26)6-4-16)31-18-7-9-20(10-8-18)36-23-14-28-19(11-27)12-29-23/h3-10,12,14,21H,2,13,15H2,1H3,(H,30,31)(H,32,34). The molecule has 1 atom stereocenters. The van der Waals surface area contributed by atoms with Crippen molar-refractivity contribution in [2.24, 2.45) is 4.99 Å². The van der Waals surface area contributed by atoms with E-state index >= 15 is 0 Å². The molecule has 0 bridgehead atoms. The van der Waals surface area contributed by atoms with E-state index in [4.69, 9.17) is 21.6 Å². The minimum absolute atomic E-state index is 0.128. The first-order valence-electron chi connectivity index (χ1n) is 11.1. The fourth-order valence-electron chi connectivity index (χ4n) is 3.35. The molecule has 11 heteroatoms. The van der Waals surface area contributed by atoms with Gasteiger partial charge in [0.15, 0.2) is 5.69 Å². The summed E-state index contributed by atoms with van der Waals surface area (Å²) in [5, 5.41) is 15.3. The summed E-state index contributed by atoms with van der Waals surface area (Å²) in [6, 6.07) is 15.3. The number of guanidine groups is 1. The Labute approximate surface area is 212 Å². The van der Waals surface area contributed by atoms with Crippen LogP contribution in [0.25, 0.3) is 0 Å². The lowest BCUT2D eigenvalue weighted by Gasteiger charge is -2.32. The van der Waals surface area contributed by atoms with Gasteiger partial charge in [-0.1, -0.05) is 30.7 Å². The third-order valence-corrected chi connectivity index (χ3v) is 5.48. The molecule has 2 heterocycles. The molecule has 0 spiro atoms. The van der Waals surface area contributed by atoms with Crippen molar-refractivity contribution in [3.63, 3.8) is 0 Å². The van der Waals surface area contributed by atoms with Crippen LogP contribution in [0.3, 0.4) is 0 Å². The fraction of sp³-hybridized carbons (Fsp3) is 0.200. The first kappa shape index (κ1) is 24.6. The molecule has 0 radical (unpaired) electrons. The lowest BCUT2D eigenvalue weighted by Crippen LogP contribution is -2.56. The number of aromatic nitrogens is 2. The van der Waals surface area contributed by atoms with E-state index in [0.29, 0.717) is 22.4 Å². The van der Waals surface area contributed by atoms with E-state index in [0.717, 1.165) is 5.56 Å². The Morgan fingerprint density at radius 2 is 1.92 bits per heavy atom. The van der Waals surface area contributed by atoms with Crippen LogP contribution in [0.15, 0.2) is 65.9 Å². The van der Waals surface area contributed by atoms with E-state index in [9.17, 15) is 9.59 Å². The molecule has 0 fully saturated rings. The number of nitrogens with zero attached hydrogens (tertiary/aromatic N) is 5. The fourth-order valence-corrected chi connectivity index (χ4v) is 3.48. The number of nitriles is 1. The first-order valence-corrected chi connectivity index (χ1v) is 11.5. The van der Waals surface area contributed by atoms with E-state index in [1.165, 1.54) is 17.3 Å². The van der Waals surface area contributed by atoms with Gasteiger partial charge in [-0.25, -0.2) is 15.0 Å². The summed E-state index contributed by atoms with van der Waals surface area (Å²) in [6.45, 7) is 2.10. The van der Waals surface area contributed by atoms with Crippen LogP contribution in [0, 0.1) is 11.3 Å². The zero-order valence-corrected chi connectivity index (χ0v) is 20.1. The monoisotopic (exact) mass is 503 g/mol. The average molecular weight is 504 g/mol. The Hall–Kier alpha value is -4.49. The molecule has 1 unspecified atom stereocenters. The summed E-state index contributed by atoms with van der Waals surface area (Å²) in [6.07, 6.45) is 2.97. The van der Waals surface area contributed by atoms with Crippen molar-refractivity contribution < 1.29 is 14.3 Å². The molecule has 1 aliphatic heterocycles. The highest BCUT2D eigenvalue weighted by atomic mass is 35.5. The van der Waals surface area contributed by atoms with Crippen LogP contribution < -0.4 is 15.4 Å². The second kappa shape index (κ2) is 11.3. The number of carbonyl (C=O) groups is 2. The average Bonchev–Trinajstić information content (AvgIpc) is 2.90. The van der Waals surface area contributed by atoms with Gasteiger partial charge < -0.3 is 15.4 Å². The van der Waals surface area contributed by atoms with Crippen LogP contribution in [-0.2, 0) is 16.1 Å². The number of rotatable bonds is 7. The van der Waals surface area contributed by atoms with Gasteiger partial charge in [0, 0.05) is 17.1 Å². The molecule has 3 aromatic rings. The van der Waals surface area contributed by atoms with Crippen LogP contribution in [0.5, 0.6) is 11.6 Å². The van der Waals surface area contributed by atoms with E-state index in [1.54, 1.807) is 43.3 Å². The number of aliphatic imine (C=N–C) groups is 1. The van der Waals surface area contributed by atoms with Crippen molar-refractivity contribution in [2.75, 3.05) is 11.9 Å². The molecule has 2 amide bonds. The minimum atomic E-state index is -0.736. The summed E-state index contributed by atoms with van der Waals surface area (Å²) in [4.78, 5) is 39.2. The third-order valence-electron chi connectivity index (χ3n) is 5.23. The number of benzene rings is 2. The van der Waals surface area contributed by atoms with Gasteiger partial charge in [0.25, 0.3) is 5.91 Å². The highest BCUT2D eigenvalue weighted by molar-refractivity contribution is 6.30. The van der Waals surface area contributed by atoms with Crippen molar-refractivity contribution in [1.29, 1.82) is 5.26 Å². The van der Waals surface area contributed by atoms with Gasteiger partial charge in [-0.15, -0.1) is 0 Å². The molecule has 10 nitrogen and oxygen atoms in total. The maximum atomic E-state index is 13.3. The summed E-state index contributed by atoms with van der Waals surface area (Å²) in [5.74, 6) is 0.661. The number of nitrogens with one attached hydrogen (secondary N) is 2. The number of halogens is 1. The Kier molecular flexibility index (Phi) is 7.72. The molecule has 0 saturated carbocycles. The topological polar surface area (TPSA) is 133 Å². The second-order valence-electron chi connectivity index (χ2n) is 7.79. The number of carbonyl (C=O) groups excluding carboxylic acids is 2. The molecular weight excluding hydrogens is 482 g/mol. The van der Waals surface area contributed by atoms with Crippen molar-refractivity contribution in [2.45, 2.75) is 25.9 Å². The quantitative estimate of drug-likeness (QED) is 0.504. The van der Waals surface area contributed by atoms with Crippen LogP contribution >= 0.6 is 11.6 Å². The number of ether oxygens (including phenoxy) is 1. The summed E-state index contributed by atoms with van der Waals surface area (Å²) in [5.41, 5.74) is 1.73. The third kappa shape index (κ3) is 6.14. The maximum Gasteiger partial charge on any atom is 0.254 e. The Bertz CT molecular complexity index is 1300. The molecule has 0 saturated heterocycles. The predicted molar refractivity (Wildman–Crippen MR) is 133 cm³/mol. The first-order chi connectivity index (χ1) is 17.4. The number of hydrogen-bond donors (Lipinski definition) is 2. The number of amides is 2. The Balaban J connectivity index is 1.50. The molecule has 2 aromatic carbocycles. The van der Waals surface area contributed by atoms with E-state index in [2.05, 4.69) is 25.6 Å². The molecule has 1 aliphatic rings. The van der Waals surface area contributed by atoms with Gasteiger partial charge >= 0.3 is 0 Å². The van der Waals surface area contributed by atoms with Gasteiger partial charge in [0.05, 0.1) is 25.5 Å². The minimum Gasteiger partial charge on any atom is -0.438 e. The SMILES string of the molecule is CCC(=O)NC1CN=C(Nc2ccc(Oc3cnc(C#N)cn3)cc2)N(Cc2ccc(Cl)cc2)C1=O. The van der Waals surface area contributed by atoms with Gasteiger partial charge in [-0.2, -0.15) is 5.26 Å². The van der Waals surface area contributed by atoms with Gasteiger partial charge in [0.1, 0.15) is 17.9 Å². The van der Waals surface area contributed by atoms with Gasteiger partial charge in [-0.3, -0.25) is 14.5 Å². The predicted octanol–water partition coefficient (Wildman–Crippen LogP) is 3.50. The van der Waals surface area contributed by atoms with Crippen LogP contribution in [-0.4, -0.2) is 45.2 Å². The summed E-state index contributed by atoms with van der Waals surface area (Å²) < 4.78 is 5.65. The van der Waals surface area contributed by atoms with E-state index < -0.39 is 6.04 Å². The largest absolute Gasteiger partial charge is 0.438 e. The Morgan fingerprint density at radius 3 is 2.56 bits per heavy atom. The van der Waals surface area contributed by atoms with Crippen molar-refractivity contribution >= 4 is 35.1 Å². The number of anilines is 1. The summed E-state index contributed by atoms with van der Waals surface area (Å²) in [7, 11) is 0. The van der Waals surface area contributed by atoms with Crippen molar-refractivity contribution in [1.82, 2.24) is 20.2 Å². The highest BCUT2D eigenvalue weighted by Gasteiger charge is 2.33. The number of hydrogen-bond acceptors (Lipinski definition) is 8. The van der Waals surface area contributed by atoms with Crippen LogP contribution in [0.2, 0.25) is 5.02 Å². The molecule has 1 aromatic heterocycles. The highest BCUT2D eigenvalue weighted by Crippen LogP contribution is 2.22. The molecule has 36 heavy (non-hydrogen) atoms. The molecule has 182 valence electrons. The van der Waals surface area contributed by atoms with Crippen LogP contribution in [0.4, 0.5) is 5.69 Å². The second-order valence-corrected chi connectivity index (χ2v) is 8.23. The summed E-state index contributed by atoms with van der Waals surface area (Å²) >= 11 is 6.00. The maximum absolute atomic E-state index is 13.3. The smallest absolute Gasteiger partial charge is 0.254 e. The molecule has 4 rings (SSSR count). The molecule has 0 aliphatic carbocycles. The molecular formula is C25H22ClN7O3. The zero-order valence-electron chi connectivity index (χ0n) is 19.3. The normalized spacial score (nSPS) is 15.0. The van der Waals surface area contributed by atoms with Crippen LogP contribution in [0.1, 0.15) is 24.6 Å².